The third-order valence-electron chi connectivity index (χ3n) is 1.18. The van der Waals surface area contributed by atoms with E-state index in [0.29, 0.717) is 5.75 Å². The largest absolute Gasteiger partial charge is 0.280 e. The Morgan fingerprint density at radius 2 is 2.17 bits per heavy atom. The molecule has 0 atom stereocenters. The fraction of sp³-hybridized carbons (Fsp3) is 0.125. The van der Waals surface area contributed by atoms with E-state index in [2.05, 4.69) is 15.9 Å². The number of thioether (sulfide) groups is 1. The molecule has 1 aromatic carbocycles. The third-order valence-corrected chi connectivity index (χ3v) is 3.50. The SMILES string of the molecule is O=C(Cl)CSc1ccccc1Br. The Kier molecular flexibility index (Phi) is 4.12. The molecule has 64 valence electrons. The summed E-state index contributed by atoms with van der Waals surface area (Å²) in [5.41, 5.74) is 0. The molecule has 0 amide bonds. The van der Waals surface area contributed by atoms with Crippen LogP contribution in [0.5, 0.6) is 0 Å². The minimum atomic E-state index is -0.323. The van der Waals surface area contributed by atoms with Crippen molar-refractivity contribution < 1.29 is 4.79 Å². The molecule has 0 fully saturated rings. The Labute approximate surface area is 88.6 Å². The number of halogens is 2. The molecule has 0 radical (unpaired) electrons. The lowest BCUT2D eigenvalue weighted by atomic mass is 10.4. The van der Waals surface area contributed by atoms with Crippen molar-refractivity contribution in [2.45, 2.75) is 4.90 Å². The van der Waals surface area contributed by atoms with Crippen molar-refractivity contribution in [1.29, 1.82) is 0 Å². The van der Waals surface area contributed by atoms with E-state index in [1.165, 1.54) is 11.8 Å². The summed E-state index contributed by atoms with van der Waals surface area (Å²) >= 11 is 10.0. The van der Waals surface area contributed by atoms with E-state index >= 15 is 0 Å². The van der Waals surface area contributed by atoms with Gasteiger partial charge in [0.05, 0.1) is 5.75 Å². The lowest BCUT2D eigenvalue weighted by Gasteiger charge is -1.99. The van der Waals surface area contributed by atoms with Gasteiger partial charge >= 0.3 is 0 Å². The van der Waals surface area contributed by atoms with Gasteiger partial charge in [-0.1, -0.05) is 12.1 Å². The van der Waals surface area contributed by atoms with Gasteiger partial charge in [-0.3, -0.25) is 4.79 Å². The summed E-state index contributed by atoms with van der Waals surface area (Å²) in [5, 5.41) is -0.323. The quantitative estimate of drug-likeness (QED) is 0.616. The molecule has 0 aliphatic rings. The van der Waals surface area contributed by atoms with Crippen LogP contribution in [0, 0.1) is 0 Å². The third kappa shape index (κ3) is 3.17. The van der Waals surface area contributed by atoms with Gasteiger partial charge in [-0.2, -0.15) is 0 Å². The van der Waals surface area contributed by atoms with Gasteiger partial charge in [0.1, 0.15) is 0 Å². The Morgan fingerprint density at radius 1 is 1.50 bits per heavy atom. The second-order valence-electron chi connectivity index (χ2n) is 2.07. The van der Waals surface area contributed by atoms with E-state index in [1.54, 1.807) is 0 Å². The van der Waals surface area contributed by atoms with Crippen LogP contribution in [0.4, 0.5) is 0 Å². The first kappa shape index (κ1) is 10.1. The fourth-order valence-electron chi connectivity index (χ4n) is 0.696. The van der Waals surface area contributed by atoms with Gasteiger partial charge in [0, 0.05) is 9.37 Å². The molecule has 0 N–H and O–H groups in total. The van der Waals surface area contributed by atoms with Crippen LogP contribution < -0.4 is 0 Å². The van der Waals surface area contributed by atoms with Crippen molar-refractivity contribution >= 4 is 44.5 Å². The maximum absolute atomic E-state index is 10.5. The molecular formula is C8H6BrClOS. The van der Waals surface area contributed by atoms with Gasteiger partial charge in [-0.25, -0.2) is 0 Å². The predicted octanol–water partition coefficient (Wildman–Crippen LogP) is 3.31. The van der Waals surface area contributed by atoms with E-state index in [1.807, 2.05) is 24.3 Å². The Morgan fingerprint density at radius 3 is 2.75 bits per heavy atom. The number of rotatable bonds is 3. The average molecular weight is 266 g/mol. The first-order chi connectivity index (χ1) is 5.70. The predicted molar refractivity (Wildman–Crippen MR) is 55.7 cm³/mol. The highest BCUT2D eigenvalue weighted by atomic mass is 79.9. The van der Waals surface area contributed by atoms with Crippen LogP contribution in [0.15, 0.2) is 33.6 Å². The monoisotopic (exact) mass is 264 g/mol. The molecule has 0 aromatic heterocycles. The molecule has 0 aliphatic heterocycles. The Hall–Kier alpha value is 0.01000. The maximum atomic E-state index is 10.5. The lowest BCUT2D eigenvalue weighted by molar-refractivity contribution is -0.109. The number of hydrogen-bond acceptors (Lipinski definition) is 2. The van der Waals surface area contributed by atoms with Gasteiger partial charge in [-0.05, 0) is 39.7 Å². The summed E-state index contributed by atoms with van der Waals surface area (Å²) in [6.45, 7) is 0. The normalized spacial score (nSPS) is 9.83. The lowest BCUT2D eigenvalue weighted by Crippen LogP contribution is -1.89. The second-order valence-corrected chi connectivity index (χ2v) is 4.37. The first-order valence-electron chi connectivity index (χ1n) is 3.26. The molecule has 1 nitrogen and oxygen atoms in total. The Balaban J connectivity index is 2.63. The molecular weight excluding hydrogens is 260 g/mol. The van der Waals surface area contributed by atoms with E-state index in [0.717, 1.165) is 9.37 Å². The van der Waals surface area contributed by atoms with Crippen LogP contribution in [0.3, 0.4) is 0 Å². The molecule has 0 bridgehead atoms. The van der Waals surface area contributed by atoms with Gasteiger partial charge in [0.2, 0.25) is 5.24 Å². The number of hydrogen-bond donors (Lipinski definition) is 0. The van der Waals surface area contributed by atoms with Gasteiger partial charge in [0.25, 0.3) is 0 Å². The van der Waals surface area contributed by atoms with Crippen molar-refractivity contribution in [1.82, 2.24) is 0 Å². The van der Waals surface area contributed by atoms with Crippen LogP contribution in [0.1, 0.15) is 0 Å². The van der Waals surface area contributed by atoms with E-state index in [9.17, 15) is 4.79 Å². The summed E-state index contributed by atoms with van der Waals surface area (Å²) in [4.78, 5) is 11.5. The molecule has 0 spiro atoms. The van der Waals surface area contributed by atoms with Gasteiger partial charge < -0.3 is 0 Å². The molecule has 0 aliphatic carbocycles. The maximum Gasteiger partial charge on any atom is 0.231 e. The van der Waals surface area contributed by atoms with Crippen molar-refractivity contribution in [3.05, 3.63) is 28.7 Å². The smallest absolute Gasteiger partial charge is 0.231 e. The standard InChI is InChI=1S/C8H6BrClOS/c9-6-3-1-2-4-7(6)12-5-8(10)11/h1-4H,5H2. The van der Waals surface area contributed by atoms with Crippen LogP contribution in [-0.2, 0) is 4.79 Å². The second kappa shape index (κ2) is 4.90. The highest BCUT2D eigenvalue weighted by Crippen LogP contribution is 2.26. The topological polar surface area (TPSA) is 17.1 Å². The van der Waals surface area contributed by atoms with Crippen molar-refractivity contribution in [3.8, 4) is 0 Å². The number of benzene rings is 1. The fourth-order valence-corrected chi connectivity index (χ4v) is 2.14. The summed E-state index contributed by atoms with van der Waals surface area (Å²) in [5.74, 6) is 0.310. The molecule has 0 saturated carbocycles. The molecule has 0 unspecified atom stereocenters. The first-order valence-corrected chi connectivity index (χ1v) is 5.41. The van der Waals surface area contributed by atoms with Crippen LogP contribution in [-0.4, -0.2) is 11.0 Å². The zero-order chi connectivity index (χ0) is 8.97. The van der Waals surface area contributed by atoms with Crippen LogP contribution in [0.25, 0.3) is 0 Å². The minimum absolute atomic E-state index is 0.310. The van der Waals surface area contributed by atoms with Crippen LogP contribution in [0.2, 0.25) is 0 Å². The molecule has 0 heterocycles. The van der Waals surface area contributed by atoms with Gasteiger partial charge in [0.15, 0.2) is 0 Å². The summed E-state index contributed by atoms with van der Waals surface area (Å²) in [6.07, 6.45) is 0. The number of carbonyl (C=O) groups excluding carboxylic acids is 1. The highest BCUT2D eigenvalue weighted by Gasteiger charge is 2.01. The average Bonchev–Trinajstić information content (AvgIpc) is 2.03. The highest BCUT2D eigenvalue weighted by molar-refractivity contribution is 9.10. The molecule has 0 saturated heterocycles. The summed E-state index contributed by atoms with van der Waals surface area (Å²) < 4.78 is 0.993. The summed E-state index contributed by atoms with van der Waals surface area (Å²) in [7, 11) is 0. The number of carbonyl (C=O) groups is 1. The van der Waals surface area contributed by atoms with Gasteiger partial charge in [-0.15, -0.1) is 11.8 Å². The molecule has 12 heavy (non-hydrogen) atoms. The van der Waals surface area contributed by atoms with E-state index < -0.39 is 0 Å². The zero-order valence-corrected chi connectivity index (χ0v) is 9.25. The van der Waals surface area contributed by atoms with E-state index in [4.69, 9.17) is 11.6 Å². The molecule has 1 aromatic rings. The Bertz CT molecular complexity index is 290. The van der Waals surface area contributed by atoms with Crippen molar-refractivity contribution in [3.63, 3.8) is 0 Å². The van der Waals surface area contributed by atoms with Crippen molar-refractivity contribution in [2.24, 2.45) is 0 Å². The summed E-state index contributed by atoms with van der Waals surface area (Å²) in [6, 6.07) is 7.72. The van der Waals surface area contributed by atoms with E-state index in [-0.39, 0.29) is 5.24 Å². The molecule has 1 rings (SSSR count). The van der Waals surface area contributed by atoms with Crippen LogP contribution >= 0.6 is 39.3 Å². The zero-order valence-electron chi connectivity index (χ0n) is 6.09. The minimum Gasteiger partial charge on any atom is -0.280 e. The van der Waals surface area contributed by atoms with Crippen molar-refractivity contribution in [2.75, 3.05) is 5.75 Å². The molecule has 4 heteroatoms.